The topological polar surface area (TPSA) is 168 Å². The van der Waals surface area contributed by atoms with Crippen LogP contribution in [0.1, 0.15) is 139 Å². The molecule has 10 nitrogen and oxygen atoms in total. The molecule has 0 rings (SSSR count). The molecule has 0 heterocycles. The average molecular weight is 828 g/mol. The fourth-order valence-corrected chi connectivity index (χ4v) is 4.20. The summed E-state index contributed by atoms with van der Waals surface area (Å²) in [5.41, 5.74) is 5.22. The third kappa shape index (κ3) is 68.7. The number of carbonyl (C=O) groups is 4. The number of ether oxygens (including phenoxy) is 1. The molecule has 0 aromatic carbocycles. The lowest BCUT2D eigenvalue weighted by molar-refractivity contribution is -0.141. The minimum Gasteiger partial charge on any atom is -0.481 e. The molecule has 0 saturated carbocycles. The minimum absolute atomic E-state index is 0.00684. The number of amides is 2. The number of unbranched alkanes of at least 4 members (excludes halogenated alkanes) is 6. The molecule has 1 unspecified atom stereocenters. The van der Waals surface area contributed by atoms with E-state index in [0.29, 0.717) is 63.1 Å². The number of hydrogen-bond donors (Lipinski definition) is 5. The highest BCUT2D eigenvalue weighted by Gasteiger charge is 2.02. The number of carboxylic acids is 1. The highest BCUT2D eigenvalue weighted by Crippen LogP contribution is 2.07. The maximum absolute atomic E-state index is 11.5. The second-order valence-electron chi connectivity index (χ2n) is 14.8. The van der Waals surface area contributed by atoms with Gasteiger partial charge in [0.1, 0.15) is 0 Å². The van der Waals surface area contributed by atoms with Crippen LogP contribution in [0.2, 0.25) is 0 Å². The van der Waals surface area contributed by atoms with Crippen LogP contribution in [-0.2, 0) is 23.9 Å². The zero-order valence-corrected chi connectivity index (χ0v) is 38.4. The van der Waals surface area contributed by atoms with E-state index in [0.717, 1.165) is 51.4 Å². The van der Waals surface area contributed by atoms with E-state index < -0.39 is 12.1 Å². The maximum atomic E-state index is 11.5. The Labute approximate surface area is 360 Å². The lowest BCUT2D eigenvalue weighted by Gasteiger charge is -2.02. The lowest BCUT2D eigenvalue weighted by Crippen LogP contribution is -2.22. The molecular weight excluding hydrogens is 743 g/mol. The molecule has 0 aliphatic heterocycles. The van der Waals surface area contributed by atoms with E-state index in [9.17, 15) is 19.2 Å². The smallest absolute Gasteiger partial charge is 0.305 e. The van der Waals surface area contributed by atoms with Gasteiger partial charge < -0.3 is 31.3 Å². The molecule has 0 aromatic rings. The number of aliphatic hydroxyl groups is 1. The summed E-state index contributed by atoms with van der Waals surface area (Å²) < 4.78 is 4.57. The number of nitrogens with two attached hydrogens (primary N) is 1. The summed E-state index contributed by atoms with van der Waals surface area (Å²) in [6.07, 6.45) is 40.8. The molecule has 6 N–H and O–H groups in total. The van der Waals surface area contributed by atoms with Gasteiger partial charge in [0.2, 0.25) is 11.8 Å². The average Bonchev–Trinajstić information content (AvgIpc) is 3.17. The van der Waals surface area contributed by atoms with Crippen molar-refractivity contribution in [3.63, 3.8) is 0 Å². The minimum atomic E-state index is -0.765. The van der Waals surface area contributed by atoms with Gasteiger partial charge in [0.05, 0.1) is 13.2 Å². The summed E-state index contributed by atoms with van der Waals surface area (Å²) in [5, 5.41) is 23.0. The van der Waals surface area contributed by atoms with Crippen molar-refractivity contribution in [3.05, 3.63) is 97.2 Å². The van der Waals surface area contributed by atoms with Crippen LogP contribution in [0.25, 0.3) is 0 Å². The van der Waals surface area contributed by atoms with Crippen LogP contribution in [0.4, 0.5) is 0 Å². The Hall–Kier alpha value is -4.28. The zero-order chi connectivity index (χ0) is 45.4. The van der Waals surface area contributed by atoms with E-state index >= 15 is 0 Å². The first-order valence-electron chi connectivity index (χ1n) is 21.7. The monoisotopic (exact) mass is 828 g/mol. The van der Waals surface area contributed by atoms with Crippen LogP contribution in [0.15, 0.2) is 97.2 Å². The van der Waals surface area contributed by atoms with E-state index in [4.69, 9.17) is 15.9 Å². The fourth-order valence-electron chi connectivity index (χ4n) is 4.20. The Kier molecular flexibility index (Phi) is 51.9. The molecule has 10 heteroatoms. The van der Waals surface area contributed by atoms with E-state index in [1.54, 1.807) is 25.2 Å². The van der Waals surface area contributed by atoms with Gasteiger partial charge in [0.15, 0.2) is 0 Å². The summed E-state index contributed by atoms with van der Waals surface area (Å²) in [6.45, 7) is 18.4. The zero-order valence-electron chi connectivity index (χ0n) is 38.4. The molecule has 0 aromatic heterocycles. The Balaban J connectivity index is -0.000000367. The van der Waals surface area contributed by atoms with Gasteiger partial charge in [0.25, 0.3) is 0 Å². The van der Waals surface area contributed by atoms with Crippen molar-refractivity contribution < 1.29 is 34.1 Å². The molecule has 1 atom stereocenters. The van der Waals surface area contributed by atoms with E-state index in [-0.39, 0.29) is 24.2 Å². The molecule has 0 spiro atoms. The summed E-state index contributed by atoms with van der Waals surface area (Å²) in [7, 11) is 1.40. The van der Waals surface area contributed by atoms with Crippen LogP contribution < -0.4 is 16.4 Å². The van der Waals surface area contributed by atoms with E-state index in [2.05, 4.69) is 100 Å². The Morgan fingerprint density at radius 1 is 0.542 bits per heavy atom. The SMILES string of the molecule is CC(C)/C=C/C=C\CN.CC(O)/C=C/C=C\CNC(=O)CCCCCCC(=O)O.CC/C=C\C=C\C(C)C.COC(=O)CCCCCCC(=O)NC/C=C\C=C\C(C)C. The van der Waals surface area contributed by atoms with Crippen molar-refractivity contribution >= 4 is 23.8 Å². The number of nitrogens with one attached hydrogen (secondary N) is 2. The highest BCUT2D eigenvalue weighted by atomic mass is 16.5. The summed E-state index contributed by atoms with van der Waals surface area (Å²) in [5.74, 6) is 1.01. The molecule has 338 valence electrons. The van der Waals surface area contributed by atoms with Gasteiger partial charge in [-0.05, 0) is 56.8 Å². The van der Waals surface area contributed by atoms with Gasteiger partial charge >= 0.3 is 11.9 Å². The number of aliphatic carboxylic acids is 1. The standard InChI is InChI=1S/C17H29NO3.C15H25NO4.C9H16.C8H15N/c1-15(2)11-7-6-10-14-18-16(19)12-8-4-5-9-13-17(20)21-3;1-13(17)9-5-4-8-12-16-14(18)10-6-2-3-7-11-15(19)20;1-4-5-6-7-8-9(2)3;1-8(2)6-4-3-5-7-9/h6-7,10-11,15H,4-5,8-9,12-14H2,1-3H3,(H,18,19);4-5,8-9,13,17H,2-3,6-7,10-12H2,1H3,(H,16,18)(H,19,20);5-9H,4H2,1-3H3;3-6,8H,7,9H2,1-2H3/b10-6-,11-7+;8-4-,9-5+;6-5-,8-7+;5-3-,6-4+. The van der Waals surface area contributed by atoms with E-state index in [1.165, 1.54) is 7.11 Å². The third-order valence-corrected chi connectivity index (χ3v) is 7.38. The van der Waals surface area contributed by atoms with Crippen molar-refractivity contribution in [2.45, 2.75) is 145 Å². The number of allylic oxidation sites excluding steroid dienone is 12. The Morgan fingerprint density at radius 3 is 1.27 bits per heavy atom. The van der Waals surface area contributed by atoms with Crippen LogP contribution in [-0.4, -0.2) is 66.8 Å². The molecule has 0 fully saturated rings. The molecule has 0 radical (unpaired) electrons. The van der Waals surface area contributed by atoms with Gasteiger partial charge in [-0.1, -0.05) is 171 Å². The van der Waals surface area contributed by atoms with Crippen molar-refractivity contribution in [1.29, 1.82) is 0 Å². The van der Waals surface area contributed by atoms with Gasteiger partial charge in [-0.25, -0.2) is 0 Å². The predicted molar refractivity (Wildman–Crippen MR) is 250 cm³/mol. The molecule has 0 bridgehead atoms. The summed E-state index contributed by atoms with van der Waals surface area (Å²) >= 11 is 0. The second kappa shape index (κ2) is 49.9. The highest BCUT2D eigenvalue weighted by molar-refractivity contribution is 5.76. The van der Waals surface area contributed by atoms with Crippen LogP contribution >= 0.6 is 0 Å². The number of rotatable bonds is 28. The second-order valence-corrected chi connectivity index (χ2v) is 14.8. The van der Waals surface area contributed by atoms with Crippen molar-refractivity contribution in [3.8, 4) is 0 Å². The van der Waals surface area contributed by atoms with Crippen LogP contribution in [0.5, 0.6) is 0 Å². The lowest BCUT2D eigenvalue weighted by atomic mass is 10.1. The predicted octanol–water partition coefficient (Wildman–Crippen LogP) is 10.3. The summed E-state index contributed by atoms with van der Waals surface area (Å²) in [4.78, 5) is 44.1. The maximum Gasteiger partial charge on any atom is 0.305 e. The van der Waals surface area contributed by atoms with Gasteiger partial charge in [-0.2, -0.15) is 0 Å². The first-order chi connectivity index (χ1) is 28.1. The largest absolute Gasteiger partial charge is 0.481 e. The van der Waals surface area contributed by atoms with Crippen LogP contribution in [0, 0.1) is 17.8 Å². The molecule has 0 aliphatic rings. The fraction of sp³-hybridized carbons (Fsp3) is 0.592. The van der Waals surface area contributed by atoms with Gasteiger partial charge in [-0.15, -0.1) is 0 Å². The van der Waals surface area contributed by atoms with Gasteiger partial charge in [-0.3, -0.25) is 19.2 Å². The normalized spacial score (nSPS) is 12.2. The van der Waals surface area contributed by atoms with Crippen LogP contribution in [0.3, 0.4) is 0 Å². The van der Waals surface area contributed by atoms with Gasteiger partial charge in [0, 0.05) is 45.3 Å². The van der Waals surface area contributed by atoms with Crippen molar-refractivity contribution in [2.24, 2.45) is 23.5 Å². The Bertz CT molecular complexity index is 1210. The number of esters is 1. The Morgan fingerprint density at radius 2 is 0.915 bits per heavy atom. The quantitative estimate of drug-likeness (QED) is 0.0295. The first kappa shape index (κ1) is 61.4. The number of aliphatic hydroxyl groups excluding tert-OH is 1. The molecule has 0 saturated heterocycles. The molecule has 0 aliphatic carbocycles. The molecular formula is C49H85N3O7. The van der Waals surface area contributed by atoms with Crippen molar-refractivity contribution in [2.75, 3.05) is 26.7 Å². The number of carbonyl (C=O) groups excluding carboxylic acids is 3. The third-order valence-electron chi connectivity index (χ3n) is 7.38. The number of carboxylic acid groups (broad SMARTS) is 1. The summed E-state index contributed by atoms with van der Waals surface area (Å²) in [6, 6.07) is 0. The van der Waals surface area contributed by atoms with Crippen molar-refractivity contribution in [1.82, 2.24) is 10.6 Å². The number of hydrogen-bond acceptors (Lipinski definition) is 7. The first-order valence-corrected chi connectivity index (χ1v) is 21.7. The van der Waals surface area contributed by atoms with E-state index in [1.807, 2.05) is 42.5 Å². The molecule has 59 heavy (non-hydrogen) atoms. The number of methoxy groups -OCH3 is 1. The molecule has 2 amide bonds.